The summed E-state index contributed by atoms with van der Waals surface area (Å²) in [5, 5.41) is 11.6. The molecule has 1 amide bonds. The summed E-state index contributed by atoms with van der Waals surface area (Å²) < 4.78 is 10.7. The fourth-order valence-corrected chi connectivity index (χ4v) is 2.59. The fourth-order valence-electron chi connectivity index (χ4n) is 2.59. The number of amides is 1. The molecule has 8 heteroatoms. The van der Waals surface area contributed by atoms with Crippen LogP contribution in [0.5, 0.6) is 0 Å². The molecule has 0 bridgehead atoms. The quantitative estimate of drug-likeness (QED) is 0.826. The largest absolute Gasteiger partial charge is 0.480 e. The molecule has 1 aliphatic rings. The van der Waals surface area contributed by atoms with Gasteiger partial charge >= 0.3 is 5.97 Å². The summed E-state index contributed by atoms with van der Waals surface area (Å²) in [5.41, 5.74) is 1.78. The first kappa shape index (κ1) is 16.3. The van der Waals surface area contributed by atoms with Crippen LogP contribution in [-0.4, -0.2) is 58.9 Å². The Bertz CT molecular complexity index is 751. The molecule has 2 heterocycles. The summed E-state index contributed by atoms with van der Waals surface area (Å²) in [6.07, 6.45) is 3.29. The molecule has 1 aromatic carbocycles. The van der Waals surface area contributed by atoms with Gasteiger partial charge in [-0.15, -0.1) is 0 Å². The molecule has 0 spiro atoms. The van der Waals surface area contributed by atoms with Crippen LogP contribution in [0.25, 0.3) is 11.0 Å². The Kier molecular flexibility index (Phi) is 4.97. The third-order valence-electron chi connectivity index (χ3n) is 3.76. The number of nitrogens with zero attached hydrogens (tertiary/aromatic N) is 2. The van der Waals surface area contributed by atoms with Crippen LogP contribution in [0.1, 0.15) is 16.8 Å². The molecule has 1 aromatic heterocycles. The second kappa shape index (κ2) is 7.33. The van der Waals surface area contributed by atoms with Crippen LogP contribution >= 0.6 is 0 Å². The Morgan fingerprint density at radius 2 is 2.08 bits per heavy atom. The first-order valence-corrected chi connectivity index (χ1v) is 7.56. The van der Waals surface area contributed by atoms with Gasteiger partial charge < -0.3 is 19.9 Å². The number of hydrogen-bond acceptors (Lipinski definition) is 6. The van der Waals surface area contributed by atoms with Gasteiger partial charge in [0.05, 0.1) is 29.8 Å². The average molecular weight is 331 g/mol. The summed E-state index contributed by atoms with van der Waals surface area (Å²) in [4.78, 5) is 31.5. The van der Waals surface area contributed by atoms with Crippen molar-refractivity contribution in [2.24, 2.45) is 0 Å². The number of benzene rings is 1. The molecule has 2 aromatic rings. The van der Waals surface area contributed by atoms with Crippen molar-refractivity contribution in [2.45, 2.75) is 18.6 Å². The van der Waals surface area contributed by atoms with Gasteiger partial charge in [0.15, 0.2) is 0 Å². The fraction of sp³-hybridized carbons (Fsp3) is 0.375. The lowest BCUT2D eigenvalue weighted by Gasteiger charge is -2.31. The average Bonchev–Trinajstić information content (AvgIpc) is 2.60. The van der Waals surface area contributed by atoms with E-state index in [-0.39, 0.29) is 18.6 Å². The summed E-state index contributed by atoms with van der Waals surface area (Å²) in [6.45, 7) is 0.355. The molecule has 8 nitrogen and oxygen atoms in total. The van der Waals surface area contributed by atoms with Gasteiger partial charge in [-0.3, -0.25) is 14.8 Å². The molecule has 0 aliphatic carbocycles. The van der Waals surface area contributed by atoms with Crippen LogP contribution in [0.15, 0.2) is 30.6 Å². The van der Waals surface area contributed by atoms with Gasteiger partial charge in [0.1, 0.15) is 6.61 Å². The predicted molar refractivity (Wildman–Crippen MR) is 83.6 cm³/mol. The number of carboxylic acids is 1. The lowest BCUT2D eigenvalue weighted by atomic mass is 10.1. The zero-order valence-corrected chi connectivity index (χ0v) is 12.8. The van der Waals surface area contributed by atoms with Crippen LogP contribution in [0.2, 0.25) is 0 Å². The molecule has 2 atom stereocenters. The monoisotopic (exact) mass is 331 g/mol. The van der Waals surface area contributed by atoms with Crippen LogP contribution in [0, 0.1) is 0 Å². The SMILES string of the molecule is O=C(O)CO[C@@H]1CCOC[C@@H]1NC(=O)c1ccc2nccnc2c1. The van der Waals surface area contributed by atoms with E-state index in [1.165, 1.54) is 0 Å². The van der Waals surface area contributed by atoms with Crippen molar-refractivity contribution in [3.05, 3.63) is 36.2 Å². The number of carbonyl (C=O) groups excluding carboxylic acids is 1. The maximum absolute atomic E-state index is 12.5. The molecule has 126 valence electrons. The Balaban J connectivity index is 1.70. The van der Waals surface area contributed by atoms with Gasteiger partial charge in [-0.25, -0.2) is 4.79 Å². The number of fused-ring (bicyclic) bond motifs is 1. The van der Waals surface area contributed by atoms with Crippen LogP contribution in [0.4, 0.5) is 0 Å². The molecule has 1 saturated heterocycles. The Labute approximate surface area is 137 Å². The number of rotatable bonds is 5. The highest BCUT2D eigenvalue weighted by molar-refractivity contribution is 5.97. The highest BCUT2D eigenvalue weighted by atomic mass is 16.5. The summed E-state index contributed by atoms with van der Waals surface area (Å²) in [5.74, 6) is -1.33. The normalized spacial score (nSPS) is 20.7. The van der Waals surface area contributed by atoms with Gasteiger partial charge in [0.2, 0.25) is 0 Å². The molecular weight excluding hydrogens is 314 g/mol. The van der Waals surface area contributed by atoms with E-state index >= 15 is 0 Å². The van der Waals surface area contributed by atoms with Crippen LogP contribution in [-0.2, 0) is 14.3 Å². The lowest BCUT2D eigenvalue weighted by Crippen LogP contribution is -2.51. The smallest absolute Gasteiger partial charge is 0.329 e. The highest BCUT2D eigenvalue weighted by Gasteiger charge is 2.28. The van der Waals surface area contributed by atoms with Crippen molar-refractivity contribution in [3.63, 3.8) is 0 Å². The molecule has 1 fully saturated rings. The number of carboxylic acid groups (broad SMARTS) is 1. The van der Waals surface area contributed by atoms with Crippen molar-refractivity contribution in [3.8, 4) is 0 Å². The van der Waals surface area contributed by atoms with Crippen LogP contribution in [0.3, 0.4) is 0 Å². The van der Waals surface area contributed by atoms with Crippen LogP contribution < -0.4 is 5.32 Å². The highest BCUT2D eigenvalue weighted by Crippen LogP contribution is 2.15. The van der Waals surface area contributed by atoms with E-state index in [9.17, 15) is 9.59 Å². The van der Waals surface area contributed by atoms with Crippen molar-refractivity contribution in [1.82, 2.24) is 15.3 Å². The number of hydrogen-bond donors (Lipinski definition) is 2. The topological polar surface area (TPSA) is 111 Å². The third-order valence-corrected chi connectivity index (χ3v) is 3.76. The second-order valence-electron chi connectivity index (χ2n) is 5.45. The van der Waals surface area contributed by atoms with Gasteiger partial charge in [0, 0.05) is 24.6 Å². The number of aliphatic carboxylic acids is 1. The molecule has 3 rings (SSSR count). The van der Waals surface area contributed by atoms with Crippen molar-refractivity contribution in [2.75, 3.05) is 19.8 Å². The molecule has 0 radical (unpaired) electrons. The first-order valence-electron chi connectivity index (χ1n) is 7.56. The summed E-state index contributed by atoms with van der Waals surface area (Å²) >= 11 is 0. The van der Waals surface area contributed by atoms with E-state index in [0.717, 1.165) is 0 Å². The minimum absolute atomic E-state index is 0.281. The molecular formula is C16H17N3O5. The van der Waals surface area contributed by atoms with Crippen molar-refractivity contribution < 1.29 is 24.2 Å². The lowest BCUT2D eigenvalue weighted by molar-refractivity contribution is -0.147. The maximum Gasteiger partial charge on any atom is 0.329 e. The summed E-state index contributed by atoms with van der Waals surface area (Å²) in [7, 11) is 0. The second-order valence-corrected chi connectivity index (χ2v) is 5.45. The third kappa shape index (κ3) is 3.84. The molecule has 24 heavy (non-hydrogen) atoms. The van der Waals surface area contributed by atoms with E-state index in [2.05, 4.69) is 15.3 Å². The van der Waals surface area contributed by atoms with Crippen molar-refractivity contribution >= 4 is 22.9 Å². The van der Waals surface area contributed by atoms with Gasteiger partial charge in [0.25, 0.3) is 5.91 Å². The minimum atomic E-state index is -1.04. The van der Waals surface area contributed by atoms with Gasteiger partial charge in [-0.1, -0.05) is 0 Å². The molecule has 2 N–H and O–H groups in total. The first-order chi connectivity index (χ1) is 11.6. The standard InChI is InChI=1S/C16H17N3O5/c20-15(21)9-24-14-3-6-23-8-13(14)19-16(22)10-1-2-11-12(7-10)18-5-4-17-11/h1-2,4-5,7,13-14H,3,6,8-9H2,(H,19,22)(H,20,21)/t13-,14+/m0/s1. The van der Waals surface area contributed by atoms with E-state index < -0.39 is 18.6 Å². The Morgan fingerprint density at radius 1 is 1.29 bits per heavy atom. The number of nitrogens with one attached hydrogen (secondary N) is 1. The van der Waals surface area contributed by atoms with E-state index in [1.807, 2.05) is 0 Å². The van der Waals surface area contributed by atoms with Gasteiger partial charge in [-0.2, -0.15) is 0 Å². The zero-order valence-electron chi connectivity index (χ0n) is 12.8. The van der Waals surface area contributed by atoms with E-state index in [4.69, 9.17) is 14.6 Å². The van der Waals surface area contributed by atoms with E-state index in [0.29, 0.717) is 29.6 Å². The maximum atomic E-state index is 12.5. The number of aromatic nitrogens is 2. The predicted octanol–water partition coefficient (Wildman–Crippen LogP) is 0.618. The zero-order chi connectivity index (χ0) is 16.9. The Morgan fingerprint density at radius 3 is 2.88 bits per heavy atom. The Hall–Kier alpha value is -2.58. The number of carbonyl (C=O) groups is 2. The van der Waals surface area contributed by atoms with Crippen molar-refractivity contribution in [1.29, 1.82) is 0 Å². The molecule has 0 saturated carbocycles. The summed E-state index contributed by atoms with van der Waals surface area (Å²) in [6, 6.07) is 4.66. The number of ether oxygens (including phenoxy) is 2. The van der Waals surface area contributed by atoms with E-state index in [1.54, 1.807) is 30.6 Å². The van der Waals surface area contributed by atoms with Gasteiger partial charge in [-0.05, 0) is 24.6 Å². The molecule has 1 aliphatic heterocycles. The minimum Gasteiger partial charge on any atom is -0.480 e. The molecule has 0 unspecified atom stereocenters.